The summed E-state index contributed by atoms with van der Waals surface area (Å²) in [6.07, 6.45) is -0.344. The maximum absolute atomic E-state index is 12.4. The number of rotatable bonds is 8. The number of carboxylic acid groups (broad SMARTS) is 1. The Labute approximate surface area is 175 Å². The molecule has 0 aromatic rings. The van der Waals surface area contributed by atoms with Crippen molar-refractivity contribution in [3.63, 3.8) is 0 Å². The smallest absolute Gasteiger partial charge is 0.478 e. The minimum Gasteiger partial charge on any atom is -0.478 e. The van der Waals surface area contributed by atoms with Crippen LogP contribution in [-0.4, -0.2) is 68.0 Å². The molecule has 27 heavy (non-hydrogen) atoms. The molecular formula is C15H20Cl3NO7S. The van der Waals surface area contributed by atoms with E-state index >= 15 is 0 Å². The van der Waals surface area contributed by atoms with Crippen LogP contribution in [0.1, 0.15) is 26.7 Å². The van der Waals surface area contributed by atoms with E-state index in [1.807, 2.05) is 6.92 Å². The quantitative estimate of drug-likeness (QED) is 0.253. The number of hydrogen-bond donors (Lipinski definition) is 1. The van der Waals surface area contributed by atoms with E-state index in [1.54, 1.807) is 0 Å². The van der Waals surface area contributed by atoms with Gasteiger partial charge in [0.2, 0.25) is 14.6 Å². The molecule has 1 amide bonds. The zero-order chi connectivity index (χ0) is 20.4. The van der Waals surface area contributed by atoms with Crippen LogP contribution in [0.15, 0.2) is 0 Å². The second kappa shape index (κ2) is 8.82. The third-order valence-electron chi connectivity index (χ3n) is 4.17. The number of hydrogen-bond acceptors (Lipinski definition) is 7. The van der Waals surface area contributed by atoms with E-state index in [4.69, 9.17) is 44.3 Å². The maximum Gasteiger partial charge on any atom is 0.508 e. The fourth-order valence-corrected chi connectivity index (χ4v) is 4.59. The van der Waals surface area contributed by atoms with Gasteiger partial charge in [-0.15, -0.1) is 0 Å². The van der Waals surface area contributed by atoms with E-state index in [0.717, 1.165) is 18.2 Å². The summed E-state index contributed by atoms with van der Waals surface area (Å²) in [6, 6.07) is 0. The Morgan fingerprint density at radius 2 is 2.11 bits per heavy atom. The highest BCUT2D eigenvalue weighted by atomic mass is 35.6. The first kappa shape index (κ1) is 22.7. The van der Waals surface area contributed by atoms with E-state index < -0.39 is 44.9 Å². The number of carboxylic acids is 1. The van der Waals surface area contributed by atoms with Crippen LogP contribution in [0, 0.1) is 5.92 Å². The zero-order valence-corrected chi connectivity index (χ0v) is 17.7. The highest BCUT2D eigenvalue weighted by molar-refractivity contribution is 8.02. The van der Waals surface area contributed by atoms with Crippen LogP contribution in [0.4, 0.5) is 4.79 Å². The molecule has 0 bridgehead atoms. The summed E-state index contributed by atoms with van der Waals surface area (Å²) in [5, 5.41) is 9.14. The van der Waals surface area contributed by atoms with E-state index in [1.165, 1.54) is 11.8 Å². The van der Waals surface area contributed by atoms with Gasteiger partial charge in [-0.25, -0.2) is 9.59 Å². The second-order valence-electron chi connectivity index (χ2n) is 6.24. The summed E-state index contributed by atoms with van der Waals surface area (Å²) in [4.78, 5) is 35.7. The van der Waals surface area contributed by atoms with Crippen LogP contribution in [0.5, 0.6) is 0 Å². The van der Waals surface area contributed by atoms with Crippen molar-refractivity contribution in [1.29, 1.82) is 0 Å². The van der Waals surface area contributed by atoms with Gasteiger partial charge in [0, 0.05) is 6.61 Å². The van der Waals surface area contributed by atoms with Crippen LogP contribution < -0.4 is 0 Å². The Morgan fingerprint density at radius 1 is 1.44 bits per heavy atom. The summed E-state index contributed by atoms with van der Waals surface area (Å²) >= 11 is 17.5. The molecule has 2 aliphatic heterocycles. The highest BCUT2D eigenvalue weighted by Crippen LogP contribution is 2.51. The minimum absolute atomic E-state index is 0.0544. The minimum atomic E-state index is -1.77. The number of aliphatic carboxylic acids is 1. The molecule has 0 aliphatic carbocycles. The summed E-state index contributed by atoms with van der Waals surface area (Å²) in [6.45, 7) is 3.22. The van der Waals surface area contributed by atoms with Gasteiger partial charge < -0.3 is 24.2 Å². The lowest BCUT2D eigenvalue weighted by Gasteiger charge is -2.43. The van der Waals surface area contributed by atoms with E-state index in [0.29, 0.717) is 6.42 Å². The molecule has 154 valence electrons. The van der Waals surface area contributed by atoms with Crippen molar-refractivity contribution in [1.82, 2.24) is 4.90 Å². The van der Waals surface area contributed by atoms with Crippen molar-refractivity contribution in [2.75, 3.05) is 19.8 Å². The molecule has 2 unspecified atom stereocenters. The van der Waals surface area contributed by atoms with E-state index in [-0.39, 0.29) is 19.1 Å². The van der Waals surface area contributed by atoms with Crippen molar-refractivity contribution >= 4 is 64.6 Å². The van der Waals surface area contributed by atoms with E-state index in [2.05, 4.69) is 4.74 Å². The lowest BCUT2D eigenvalue weighted by Crippen LogP contribution is -2.61. The molecule has 0 spiro atoms. The van der Waals surface area contributed by atoms with E-state index in [9.17, 15) is 19.5 Å². The van der Waals surface area contributed by atoms with Gasteiger partial charge in [-0.1, -0.05) is 59.9 Å². The largest absolute Gasteiger partial charge is 0.508 e. The SMILES string of the molecule is CCCCOC1(C(=O)O)CN2C(=O)[C@H](C(C)OC(=O)OCC(Cl)(Cl)Cl)[C@H]2S1. The number of carbonyl (C=O) groups is 3. The van der Waals surface area contributed by atoms with Crippen LogP contribution in [-0.2, 0) is 23.8 Å². The number of halogens is 3. The van der Waals surface area contributed by atoms with Gasteiger partial charge in [-0.2, -0.15) is 0 Å². The predicted molar refractivity (Wildman–Crippen MR) is 100.0 cm³/mol. The molecule has 0 aromatic carbocycles. The number of β-lactam (4-membered cyclic amide) rings is 1. The molecule has 0 radical (unpaired) electrons. The van der Waals surface area contributed by atoms with Crippen LogP contribution in [0.3, 0.4) is 0 Å². The Hall–Kier alpha value is -0.610. The average molecular weight is 465 g/mol. The lowest BCUT2D eigenvalue weighted by atomic mass is 9.92. The molecule has 2 heterocycles. The molecule has 2 aliphatic rings. The molecule has 8 nitrogen and oxygen atoms in total. The number of ether oxygens (including phenoxy) is 3. The number of alkyl halides is 3. The molecular weight excluding hydrogens is 445 g/mol. The Morgan fingerprint density at radius 3 is 2.67 bits per heavy atom. The number of carbonyl (C=O) groups excluding carboxylic acids is 2. The van der Waals surface area contributed by atoms with Gasteiger partial charge in [-0.3, -0.25) is 4.79 Å². The Balaban J connectivity index is 1.96. The molecule has 2 fully saturated rings. The average Bonchev–Trinajstić information content (AvgIpc) is 2.89. The topological polar surface area (TPSA) is 102 Å². The number of amides is 1. The van der Waals surface area contributed by atoms with Crippen molar-refractivity contribution in [3.05, 3.63) is 0 Å². The maximum atomic E-state index is 12.4. The lowest BCUT2D eigenvalue weighted by molar-refractivity contribution is -0.163. The number of fused-ring (bicyclic) bond motifs is 1. The Bertz CT molecular complexity index is 602. The summed E-state index contributed by atoms with van der Waals surface area (Å²) in [5.74, 6) is -2.15. The molecule has 0 aromatic heterocycles. The first-order valence-corrected chi connectivity index (χ1v) is 10.3. The van der Waals surface area contributed by atoms with Gasteiger partial charge in [0.05, 0.1) is 11.9 Å². The third kappa shape index (κ3) is 5.26. The predicted octanol–water partition coefficient (Wildman–Crippen LogP) is 3.03. The van der Waals surface area contributed by atoms with Crippen molar-refractivity contribution in [3.8, 4) is 0 Å². The fraction of sp³-hybridized carbons (Fsp3) is 0.800. The van der Waals surface area contributed by atoms with Gasteiger partial charge in [0.15, 0.2) is 0 Å². The molecule has 1 N–H and O–H groups in total. The molecule has 2 saturated heterocycles. The van der Waals surface area contributed by atoms with Gasteiger partial charge in [-0.05, 0) is 13.3 Å². The number of thioether (sulfide) groups is 1. The van der Waals surface area contributed by atoms with Gasteiger partial charge in [0.1, 0.15) is 18.6 Å². The second-order valence-corrected chi connectivity index (χ2v) is 10.1. The van der Waals surface area contributed by atoms with Crippen molar-refractivity contribution < 1.29 is 33.7 Å². The third-order valence-corrected chi connectivity index (χ3v) is 6.09. The van der Waals surface area contributed by atoms with Crippen LogP contribution >= 0.6 is 46.6 Å². The summed E-state index contributed by atoms with van der Waals surface area (Å²) in [5.41, 5.74) is 0. The fourth-order valence-electron chi connectivity index (χ4n) is 2.79. The summed E-state index contributed by atoms with van der Waals surface area (Å²) < 4.78 is 13.6. The Kier molecular flexibility index (Phi) is 7.40. The van der Waals surface area contributed by atoms with Gasteiger partial charge >= 0.3 is 12.1 Å². The molecule has 4 atom stereocenters. The molecule has 12 heteroatoms. The first-order chi connectivity index (χ1) is 12.5. The zero-order valence-electron chi connectivity index (χ0n) is 14.7. The van der Waals surface area contributed by atoms with Crippen LogP contribution in [0.25, 0.3) is 0 Å². The highest BCUT2D eigenvalue weighted by Gasteiger charge is 2.64. The van der Waals surface area contributed by atoms with Crippen molar-refractivity contribution in [2.24, 2.45) is 5.92 Å². The molecule has 2 rings (SSSR count). The summed E-state index contributed by atoms with van der Waals surface area (Å²) in [7, 11) is 0. The first-order valence-electron chi connectivity index (χ1n) is 8.26. The number of unbranched alkanes of at least 4 members (excludes halogenated alkanes) is 1. The van der Waals surface area contributed by atoms with Crippen molar-refractivity contribution in [2.45, 2.75) is 46.9 Å². The monoisotopic (exact) mass is 463 g/mol. The standard InChI is InChI=1S/C15H20Cl3NO7S/c1-3-4-5-25-14(12(21)22)6-19-10(20)9(11(19)27-14)8(2)26-13(23)24-7-15(16,17)18/h8-9,11H,3-7H2,1-2H3,(H,21,22)/t8?,9-,11+,14?/m0/s1. The van der Waals surface area contributed by atoms with Crippen LogP contribution in [0.2, 0.25) is 0 Å². The molecule has 0 saturated carbocycles. The number of nitrogens with zero attached hydrogens (tertiary/aromatic N) is 1. The normalized spacial score (nSPS) is 28.3. The van der Waals surface area contributed by atoms with Gasteiger partial charge in [0.25, 0.3) is 0 Å².